The summed E-state index contributed by atoms with van der Waals surface area (Å²) >= 11 is 1.72. The average molecular weight is 239 g/mol. The van der Waals surface area contributed by atoms with Crippen molar-refractivity contribution in [1.82, 2.24) is 10.3 Å². The molecule has 0 aliphatic heterocycles. The van der Waals surface area contributed by atoms with Crippen LogP contribution in [0.15, 0.2) is 11.6 Å². The molecule has 90 valence electrons. The molecule has 1 aromatic heterocycles. The lowest BCUT2D eigenvalue weighted by Gasteiger charge is -2.41. The van der Waals surface area contributed by atoms with E-state index in [1.807, 2.05) is 11.6 Å². The first-order valence-electron chi connectivity index (χ1n) is 6.09. The molecular weight excluding hydrogens is 218 g/mol. The summed E-state index contributed by atoms with van der Waals surface area (Å²) in [7, 11) is 0. The number of hydrogen-bond acceptors (Lipinski definition) is 4. The zero-order valence-electron chi connectivity index (χ0n) is 9.91. The van der Waals surface area contributed by atoms with E-state index in [1.165, 1.54) is 30.7 Å². The molecule has 0 bridgehead atoms. The van der Waals surface area contributed by atoms with E-state index >= 15 is 0 Å². The number of nitrogens with two attached hydrogens (primary N) is 1. The first-order chi connectivity index (χ1) is 7.76. The third-order valence-electron chi connectivity index (χ3n) is 3.77. The van der Waals surface area contributed by atoms with Crippen LogP contribution in [0.4, 0.5) is 0 Å². The van der Waals surface area contributed by atoms with Gasteiger partial charge in [-0.2, -0.15) is 0 Å². The molecule has 0 spiro atoms. The Bertz CT molecular complexity index is 301. The van der Waals surface area contributed by atoms with Crippen LogP contribution in [-0.2, 0) is 0 Å². The number of aromatic nitrogens is 1. The first-order valence-corrected chi connectivity index (χ1v) is 6.97. The Morgan fingerprint density at radius 2 is 2.44 bits per heavy atom. The minimum atomic E-state index is 0.370. The van der Waals surface area contributed by atoms with Crippen LogP contribution < -0.4 is 11.1 Å². The van der Waals surface area contributed by atoms with E-state index in [2.05, 4.69) is 17.2 Å². The molecule has 0 aromatic carbocycles. The van der Waals surface area contributed by atoms with E-state index in [0.717, 1.165) is 13.1 Å². The van der Waals surface area contributed by atoms with E-state index in [0.29, 0.717) is 11.5 Å². The van der Waals surface area contributed by atoms with Gasteiger partial charge in [0.05, 0.1) is 6.04 Å². The first kappa shape index (κ1) is 12.0. The average Bonchev–Trinajstić information content (AvgIpc) is 2.75. The molecule has 16 heavy (non-hydrogen) atoms. The Hall–Kier alpha value is -0.450. The van der Waals surface area contributed by atoms with Crippen molar-refractivity contribution in [1.29, 1.82) is 0 Å². The minimum Gasteiger partial charge on any atom is -0.330 e. The molecule has 1 saturated carbocycles. The Morgan fingerprint density at radius 1 is 1.62 bits per heavy atom. The molecule has 3 nitrogen and oxygen atoms in total. The highest BCUT2D eigenvalue weighted by molar-refractivity contribution is 7.09. The lowest BCUT2D eigenvalue weighted by molar-refractivity contribution is 0.129. The fraction of sp³-hybridized carbons (Fsp3) is 0.750. The highest BCUT2D eigenvalue weighted by atomic mass is 32.1. The third kappa shape index (κ3) is 2.62. The fourth-order valence-corrected chi connectivity index (χ4v) is 2.99. The predicted molar refractivity (Wildman–Crippen MR) is 68.5 cm³/mol. The third-order valence-corrected chi connectivity index (χ3v) is 4.73. The highest BCUT2D eigenvalue weighted by Crippen LogP contribution is 2.42. The standard InChI is InChI=1S/C12H21N3S/c1-10(11-15-7-8-16-11)14-6-5-12(9-13)3-2-4-12/h7-8,10,14H,2-6,9,13H2,1H3. The summed E-state index contributed by atoms with van der Waals surface area (Å²) in [5.41, 5.74) is 6.30. The van der Waals surface area contributed by atoms with Crippen molar-refractivity contribution in [2.45, 2.75) is 38.6 Å². The molecule has 1 atom stereocenters. The zero-order valence-corrected chi connectivity index (χ0v) is 10.7. The van der Waals surface area contributed by atoms with Gasteiger partial charge in [-0.05, 0) is 44.7 Å². The van der Waals surface area contributed by atoms with Crippen LogP contribution >= 0.6 is 11.3 Å². The lowest BCUT2D eigenvalue weighted by Crippen LogP contribution is -2.40. The topological polar surface area (TPSA) is 50.9 Å². The smallest absolute Gasteiger partial charge is 0.109 e. The van der Waals surface area contributed by atoms with E-state index < -0.39 is 0 Å². The normalized spacial score (nSPS) is 20.4. The summed E-state index contributed by atoms with van der Waals surface area (Å²) in [4.78, 5) is 4.32. The van der Waals surface area contributed by atoms with Crippen LogP contribution in [0.25, 0.3) is 0 Å². The lowest BCUT2D eigenvalue weighted by atomic mass is 9.67. The van der Waals surface area contributed by atoms with Gasteiger partial charge in [-0.3, -0.25) is 0 Å². The molecule has 1 aliphatic rings. The predicted octanol–water partition coefficient (Wildman–Crippen LogP) is 2.31. The molecule has 3 N–H and O–H groups in total. The SMILES string of the molecule is CC(NCCC1(CN)CCC1)c1nccs1. The quantitative estimate of drug-likeness (QED) is 0.801. The molecule has 0 saturated heterocycles. The van der Waals surface area contributed by atoms with Gasteiger partial charge in [-0.15, -0.1) is 11.3 Å². The molecule has 1 fully saturated rings. The van der Waals surface area contributed by atoms with Gasteiger partial charge in [0.1, 0.15) is 5.01 Å². The van der Waals surface area contributed by atoms with Crippen molar-refractivity contribution in [2.24, 2.45) is 11.1 Å². The van der Waals surface area contributed by atoms with Crippen LogP contribution in [0.5, 0.6) is 0 Å². The summed E-state index contributed by atoms with van der Waals surface area (Å²) in [5, 5.41) is 6.74. The molecule has 1 aromatic rings. The number of nitrogens with zero attached hydrogens (tertiary/aromatic N) is 1. The second-order valence-electron chi connectivity index (χ2n) is 4.85. The monoisotopic (exact) mass is 239 g/mol. The van der Waals surface area contributed by atoms with Gasteiger partial charge < -0.3 is 11.1 Å². The maximum Gasteiger partial charge on any atom is 0.109 e. The largest absolute Gasteiger partial charge is 0.330 e. The van der Waals surface area contributed by atoms with E-state index in [1.54, 1.807) is 11.3 Å². The van der Waals surface area contributed by atoms with Gasteiger partial charge in [0.25, 0.3) is 0 Å². The Morgan fingerprint density at radius 3 is 2.94 bits per heavy atom. The van der Waals surface area contributed by atoms with Gasteiger partial charge in [0, 0.05) is 11.6 Å². The molecule has 1 unspecified atom stereocenters. The second kappa shape index (κ2) is 5.25. The zero-order chi connectivity index (χ0) is 11.4. The molecule has 0 amide bonds. The number of thiazole rings is 1. The summed E-state index contributed by atoms with van der Waals surface area (Å²) in [6.07, 6.45) is 7.07. The number of hydrogen-bond donors (Lipinski definition) is 2. The molecule has 2 rings (SSSR count). The van der Waals surface area contributed by atoms with Crippen molar-refractivity contribution in [2.75, 3.05) is 13.1 Å². The van der Waals surface area contributed by atoms with Crippen LogP contribution in [0.1, 0.15) is 43.7 Å². The van der Waals surface area contributed by atoms with Crippen molar-refractivity contribution >= 4 is 11.3 Å². The second-order valence-corrected chi connectivity index (χ2v) is 5.78. The maximum absolute atomic E-state index is 5.84. The van der Waals surface area contributed by atoms with Crippen molar-refractivity contribution in [3.05, 3.63) is 16.6 Å². The fourth-order valence-electron chi connectivity index (χ4n) is 2.32. The van der Waals surface area contributed by atoms with Gasteiger partial charge >= 0.3 is 0 Å². The highest BCUT2D eigenvalue weighted by Gasteiger charge is 2.34. The molecular formula is C12H21N3S. The molecule has 1 heterocycles. The van der Waals surface area contributed by atoms with Gasteiger partial charge in [-0.25, -0.2) is 4.98 Å². The van der Waals surface area contributed by atoms with Crippen LogP contribution in [0.2, 0.25) is 0 Å². The van der Waals surface area contributed by atoms with Crippen molar-refractivity contribution < 1.29 is 0 Å². The maximum atomic E-state index is 5.84. The van der Waals surface area contributed by atoms with Gasteiger partial charge in [0.15, 0.2) is 0 Å². The Kier molecular flexibility index (Phi) is 3.95. The summed E-state index contributed by atoms with van der Waals surface area (Å²) < 4.78 is 0. The van der Waals surface area contributed by atoms with Crippen LogP contribution in [-0.4, -0.2) is 18.1 Å². The minimum absolute atomic E-state index is 0.370. The van der Waals surface area contributed by atoms with E-state index in [4.69, 9.17) is 5.73 Å². The van der Waals surface area contributed by atoms with Crippen molar-refractivity contribution in [3.8, 4) is 0 Å². The van der Waals surface area contributed by atoms with Crippen molar-refractivity contribution in [3.63, 3.8) is 0 Å². The van der Waals surface area contributed by atoms with Gasteiger partial charge in [-0.1, -0.05) is 6.42 Å². The molecule has 4 heteroatoms. The Labute approximate surface area is 101 Å². The summed E-state index contributed by atoms with van der Waals surface area (Å²) in [6, 6.07) is 0.370. The van der Waals surface area contributed by atoms with Crippen LogP contribution in [0, 0.1) is 5.41 Å². The van der Waals surface area contributed by atoms with Gasteiger partial charge in [0.2, 0.25) is 0 Å². The van der Waals surface area contributed by atoms with Crippen LogP contribution in [0.3, 0.4) is 0 Å². The Balaban J connectivity index is 1.72. The summed E-state index contributed by atoms with van der Waals surface area (Å²) in [6.45, 7) is 4.08. The summed E-state index contributed by atoms with van der Waals surface area (Å²) in [5.74, 6) is 0. The van der Waals surface area contributed by atoms with E-state index in [-0.39, 0.29) is 0 Å². The molecule has 0 radical (unpaired) electrons. The number of rotatable bonds is 6. The number of nitrogens with one attached hydrogen (secondary N) is 1. The van der Waals surface area contributed by atoms with E-state index in [9.17, 15) is 0 Å². The molecule has 1 aliphatic carbocycles.